The predicted molar refractivity (Wildman–Crippen MR) is 218 cm³/mol. The third kappa shape index (κ3) is 6.78. The molecule has 4 saturated heterocycles. The highest BCUT2D eigenvalue weighted by molar-refractivity contribution is 7.23. The molecule has 0 unspecified atom stereocenters. The van der Waals surface area contributed by atoms with E-state index >= 15 is 8.78 Å². The minimum absolute atomic E-state index is 0.0436. The SMILES string of the molecule is CC(C)(C)OC(=O)Nc1sc2cccc(-c3c(F)c4c5c(nc(OC[C@@]67CCCN6C[C@H](F)C7)nc5c3F)N3C[C@H]5CC[C@@H]([C@H]3CC4)N5C(=O)OC(C)(C)C)c2c1C#N. The van der Waals surface area contributed by atoms with Crippen LogP contribution < -0.4 is 15.0 Å². The summed E-state index contributed by atoms with van der Waals surface area (Å²) >= 11 is 1.10. The Morgan fingerprint density at radius 3 is 2.54 bits per heavy atom. The van der Waals surface area contributed by atoms with Crippen LogP contribution in [-0.4, -0.2) is 99.2 Å². The van der Waals surface area contributed by atoms with Crippen molar-refractivity contribution in [1.82, 2.24) is 19.8 Å². The Bertz CT molecular complexity index is 2440. The van der Waals surface area contributed by atoms with Crippen molar-refractivity contribution < 1.29 is 37.0 Å². The number of benzene rings is 2. The summed E-state index contributed by atoms with van der Waals surface area (Å²) in [6.45, 7) is 12.2. The third-order valence-electron chi connectivity index (χ3n) is 12.4. The van der Waals surface area contributed by atoms with Crippen molar-refractivity contribution in [3.05, 3.63) is 41.0 Å². The molecular weight excluding hydrogens is 784 g/mol. The van der Waals surface area contributed by atoms with Gasteiger partial charge in [0.15, 0.2) is 5.82 Å². The lowest BCUT2D eigenvalue weighted by molar-refractivity contribution is 0.00718. The van der Waals surface area contributed by atoms with E-state index < -0.39 is 46.7 Å². The van der Waals surface area contributed by atoms with Gasteiger partial charge >= 0.3 is 18.2 Å². The summed E-state index contributed by atoms with van der Waals surface area (Å²) in [7, 11) is 0. The van der Waals surface area contributed by atoms with Gasteiger partial charge in [-0.3, -0.25) is 15.1 Å². The van der Waals surface area contributed by atoms with Crippen LogP contribution in [0.1, 0.15) is 91.2 Å². The van der Waals surface area contributed by atoms with Gasteiger partial charge in [-0.25, -0.2) is 22.8 Å². The molecule has 2 bridgehead atoms. The summed E-state index contributed by atoms with van der Waals surface area (Å²) < 4.78 is 68.2. The number of halogens is 3. The minimum atomic E-state index is -0.984. The van der Waals surface area contributed by atoms with Crippen LogP contribution in [0.15, 0.2) is 18.2 Å². The van der Waals surface area contributed by atoms with Gasteiger partial charge in [0.1, 0.15) is 52.2 Å². The molecule has 2 aromatic carbocycles. The molecule has 9 rings (SSSR count). The number of nitriles is 1. The van der Waals surface area contributed by atoms with Crippen molar-refractivity contribution in [3.63, 3.8) is 0 Å². The maximum Gasteiger partial charge on any atom is 0.412 e. The first-order chi connectivity index (χ1) is 27.9. The molecule has 0 aliphatic carbocycles. The van der Waals surface area contributed by atoms with E-state index in [9.17, 15) is 19.2 Å². The number of anilines is 2. The molecule has 5 aliphatic heterocycles. The lowest BCUT2D eigenvalue weighted by Crippen LogP contribution is -2.62. The summed E-state index contributed by atoms with van der Waals surface area (Å²) in [4.78, 5) is 42.1. The minimum Gasteiger partial charge on any atom is -0.461 e. The number of hydrogen-bond acceptors (Lipinski definition) is 11. The third-order valence-corrected chi connectivity index (χ3v) is 13.5. The van der Waals surface area contributed by atoms with E-state index in [1.54, 1.807) is 39.0 Å². The Hall–Kier alpha value is -4.88. The Morgan fingerprint density at radius 2 is 1.80 bits per heavy atom. The molecule has 16 heteroatoms. The van der Waals surface area contributed by atoms with Gasteiger partial charge in [-0.15, -0.1) is 11.3 Å². The molecule has 7 heterocycles. The highest BCUT2D eigenvalue weighted by atomic mass is 32.1. The van der Waals surface area contributed by atoms with Crippen molar-refractivity contribution in [2.24, 2.45) is 0 Å². The second kappa shape index (κ2) is 14.1. The Balaban J connectivity index is 1.19. The first-order valence-electron chi connectivity index (χ1n) is 20.4. The molecule has 2 aromatic heterocycles. The number of hydrogen-bond donors (Lipinski definition) is 1. The number of alkyl halides is 1. The first-order valence-corrected chi connectivity index (χ1v) is 21.2. The number of aryl methyl sites for hydroxylation is 1. The standard InChI is InChI=1S/C43H48F3N7O5S/c1-41(2,3)57-39(54)50-37-26(18-47)30-24(9-7-10-29(30)59-37)31-33(45)25-12-14-27-28-13-11-23(53(28)40(55)58-42(4,5)6)20-52(27)36-32(25)35(34(31)46)48-38(49-36)56-21-43-15-8-16-51(43)19-22(44)17-43/h7,9-10,22-23,27-28H,8,11-17,19-21H2,1-6H3,(H,50,54)/t22-,23-,27-,28+,43+/m1/s1. The van der Waals surface area contributed by atoms with Crippen molar-refractivity contribution in [2.75, 3.05) is 36.5 Å². The van der Waals surface area contributed by atoms with Gasteiger partial charge in [-0.2, -0.15) is 15.2 Å². The predicted octanol–water partition coefficient (Wildman–Crippen LogP) is 8.87. The smallest absolute Gasteiger partial charge is 0.412 e. The zero-order valence-corrected chi connectivity index (χ0v) is 34.9. The van der Waals surface area contributed by atoms with Crippen molar-refractivity contribution in [2.45, 2.75) is 128 Å². The number of nitrogens with one attached hydrogen (secondary N) is 1. The monoisotopic (exact) mass is 831 g/mol. The van der Waals surface area contributed by atoms with E-state index in [2.05, 4.69) is 26.2 Å². The second-order valence-electron chi connectivity index (χ2n) is 18.6. The molecular formula is C43H48F3N7O5S. The molecule has 0 radical (unpaired) electrons. The number of carbonyl (C=O) groups excluding carboxylic acids is 2. The Labute approximate surface area is 344 Å². The van der Waals surface area contributed by atoms with Crippen LogP contribution in [-0.2, 0) is 15.9 Å². The maximum atomic E-state index is 17.6. The molecule has 4 aromatic rings. The van der Waals surface area contributed by atoms with Crippen LogP contribution in [0, 0.1) is 23.0 Å². The van der Waals surface area contributed by atoms with Crippen LogP contribution in [0.25, 0.3) is 32.1 Å². The number of ether oxygens (including phenoxy) is 3. The largest absolute Gasteiger partial charge is 0.461 e. The molecule has 59 heavy (non-hydrogen) atoms. The fraction of sp³-hybridized carbons (Fsp3) is 0.558. The Morgan fingerprint density at radius 1 is 1.02 bits per heavy atom. The average molecular weight is 832 g/mol. The van der Waals surface area contributed by atoms with E-state index in [1.165, 1.54) is 0 Å². The molecule has 2 amide bonds. The highest BCUT2D eigenvalue weighted by Gasteiger charge is 2.52. The van der Waals surface area contributed by atoms with E-state index in [-0.39, 0.29) is 80.7 Å². The number of rotatable bonds is 5. The molecule has 12 nitrogen and oxygen atoms in total. The normalized spacial score (nSPS) is 25.2. The van der Waals surface area contributed by atoms with Crippen LogP contribution in [0.2, 0.25) is 0 Å². The zero-order chi connectivity index (χ0) is 41.8. The average Bonchev–Trinajstić information content (AvgIpc) is 3.85. The van der Waals surface area contributed by atoms with Gasteiger partial charge in [-0.1, -0.05) is 12.1 Å². The molecule has 0 saturated carbocycles. The summed E-state index contributed by atoms with van der Waals surface area (Å²) in [6, 6.07) is 6.21. The van der Waals surface area contributed by atoms with Crippen molar-refractivity contribution >= 4 is 55.3 Å². The fourth-order valence-corrected chi connectivity index (χ4v) is 11.3. The molecule has 312 valence electrons. The van der Waals surface area contributed by atoms with Crippen molar-refractivity contribution in [3.8, 4) is 23.2 Å². The molecule has 4 fully saturated rings. The van der Waals surface area contributed by atoms with Gasteiger partial charge in [0.2, 0.25) is 0 Å². The van der Waals surface area contributed by atoms with Crippen molar-refractivity contribution in [1.29, 1.82) is 5.26 Å². The van der Waals surface area contributed by atoms with E-state index in [1.807, 2.05) is 25.7 Å². The molecule has 5 atom stereocenters. The van der Waals surface area contributed by atoms with E-state index in [0.717, 1.165) is 37.1 Å². The maximum absolute atomic E-state index is 17.6. The zero-order valence-electron chi connectivity index (χ0n) is 34.1. The number of thiophene rings is 1. The van der Waals surface area contributed by atoms with Crippen LogP contribution in [0.3, 0.4) is 0 Å². The van der Waals surface area contributed by atoms with Gasteiger partial charge in [0.25, 0.3) is 0 Å². The topological polar surface area (TPSA) is 133 Å². The van der Waals surface area contributed by atoms with Gasteiger partial charge in [-0.05, 0) is 98.2 Å². The van der Waals surface area contributed by atoms with Crippen LogP contribution in [0.4, 0.5) is 33.6 Å². The van der Waals surface area contributed by atoms with Gasteiger partial charge in [0, 0.05) is 35.2 Å². The number of nitrogens with zero attached hydrogens (tertiary/aromatic N) is 6. The highest BCUT2D eigenvalue weighted by Crippen LogP contribution is 2.49. The second-order valence-corrected chi connectivity index (χ2v) is 19.6. The van der Waals surface area contributed by atoms with Gasteiger partial charge in [0.05, 0.1) is 40.2 Å². The number of piperazine rings is 1. The van der Waals surface area contributed by atoms with E-state index in [0.29, 0.717) is 42.9 Å². The summed E-state index contributed by atoms with van der Waals surface area (Å²) in [5, 5.41) is 13.8. The molecule has 1 N–H and O–H groups in total. The van der Waals surface area contributed by atoms with E-state index in [4.69, 9.17) is 19.2 Å². The first kappa shape index (κ1) is 39.6. The lowest BCUT2D eigenvalue weighted by atomic mass is 9.92. The van der Waals surface area contributed by atoms with Crippen LogP contribution in [0.5, 0.6) is 6.01 Å². The van der Waals surface area contributed by atoms with Gasteiger partial charge < -0.3 is 19.1 Å². The molecule has 5 aliphatic rings. The lowest BCUT2D eigenvalue weighted by Gasteiger charge is -2.47. The molecule has 0 spiro atoms. The number of aromatic nitrogens is 2. The summed E-state index contributed by atoms with van der Waals surface area (Å²) in [5.74, 6) is -1.41. The Kier molecular flexibility index (Phi) is 9.47. The quantitative estimate of drug-likeness (QED) is 0.208. The van der Waals surface area contributed by atoms with Crippen LogP contribution >= 0.6 is 11.3 Å². The number of amides is 2. The summed E-state index contributed by atoms with van der Waals surface area (Å²) in [5.41, 5.74) is -2.13. The summed E-state index contributed by atoms with van der Waals surface area (Å²) in [6.07, 6.45) is 1.87. The number of fused-ring (bicyclic) bond motifs is 7. The number of carbonyl (C=O) groups is 2. The fourth-order valence-electron chi connectivity index (χ4n) is 10.2.